The van der Waals surface area contributed by atoms with Gasteiger partial charge in [-0.3, -0.25) is 29.5 Å². The molecule has 13 heteroatoms. The second-order valence-corrected chi connectivity index (χ2v) is 7.58. The number of nitro benzene ring substituents is 1. The van der Waals surface area contributed by atoms with Crippen molar-refractivity contribution in [3.8, 4) is 0 Å². The summed E-state index contributed by atoms with van der Waals surface area (Å²) in [6.07, 6.45) is 1.87. The highest BCUT2D eigenvalue weighted by atomic mass is 16.6. The number of guanidine groups is 1. The van der Waals surface area contributed by atoms with E-state index in [2.05, 4.69) is 20.9 Å². The van der Waals surface area contributed by atoms with Crippen LogP contribution in [0.5, 0.6) is 0 Å². The van der Waals surface area contributed by atoms with Crippen molar-refractivity contribution in [3.63, 3.8) is 0 Å². The van der Waals surface area contributed by atoms with E-state index in [9.17, 15) is 24.5 Å². The number of rotatable bonds is 11. The normalized spacial score (nSPS) is 16.0. The maximum Gasteiger partial charge on any atom is 0.269 e. The van der Waals surface area contributed by atoms with Crippen molar-refractivity contribution in [2.45, 2.75) is 37.8 Å². The second kappa shape index (κ2) is 12.3. The first-order chi connectivity index (χ1) is 15.7. The molecule has 1 aliphatic heterocycles. The van der Waals surface area contributed by atoms with Gasteiger partial charge in [0.05, 0.1) is 11.5 Å². The lowest BCUT2D eigenvalue weighted by molar-refractivity contribution is -0.384. The van der Waals surface area contributed by atoms with Crippen molar-refractivity contribution in [1.82, 2.24) is 15.5 Å². The Labute approximate surface area is 191 Å². The highest BCUT2D eigenvalue weighted by Gasteiger charge is 2.35. The highest BCUT2D eigenvalue weighted by Crippen LogP contribution is 2.19. The Hall–Kier alpha value is -3.74. The summed E-state index contributed by atoms with van der Waals surface area (Å²) in [4.78, 5) is 53.8. The molecular weight excluding hydrogens is 432 g/mol. The smallest absolute Gasteiger partial charge is 0.269 e. The van der Waals surface area contributed by atoms with E-state index in [-0.39, 0.29) is 37.1 Å². The maximum atomic E-state index is 12.9. The predicted octanol–water partition coefficient (Wildman–Crippen LogP) is -0.718. The SMILES string of the molecule is CNCC(=O)N1CCC[C@H]1C(=O)N[C@H](CCCN=C(N)N)C(=O)Nc1ccc([N+](=O)[O-])cc1. The fourth-order valence-electron chi connectivity index (χ4n) is 3.53. The number of nitrogens with one attached hydrogen (secondary N) is 3. The van der Waals surface area contributed by atoms with E-state index >= 15 is 0 Å². The van der Waals surface area contributed by atoms with Crippen LogP contribution in [0, 0.1) is 10.1 Å². The Morgan fingerprint density at radius 1 is 1.27 bits per heavy atom. The third-order valence-corrected chi connectivity index (χ3v) is 5.13. The molecule has 2 atom stereocenters. The highest BCUT2D eigenvalue weighted by molar-refractivity contribution is 5.98. The number of aliphatic imine (C=N–C) groups is 1. The lowest BCUT2D eigenvalue weighted by Crippen LogP contribution is -2.53. The van der Waals surface area contributed by atoms with E-state index in [0.29, 0.717) is 31.5 Å². The van der Waals surface area contributed by atoms with Crippen molar-refractivity contribution in [2.75, 3.05) is 32.0 Å². The number of non-ortho nitro benzene ring substituents is 1. The van der Waals surface area contributed by atoms with Gasteiger partial charge in [0.2, 0.25) is 17.7 Å². The molecule has 1 saturated heterocycles. The summed E-state index contributed by atoms with van der Waals surface area (Å²) in [5, 5.41) is 19.0. The molecule has 1 heterocycles. The Morgan fingerprint density at radius 3 is 2.58 bits per heavy atom. The summed E-state index contributed by atoms with van der Waals surface area (Å²) in [6.45, 7) is 0.866. The van der Waals surface area contributed by atoms with E-state index in [0.717, 1.165) is 0 Å². The number of carbonyl (C=O) groups is 3. The van der Waals surface area contributed by atoms with Crippen LogP contribution in [0.4, 0.5) is 11.4 Å². The van der Waals surface area contributed by atoms with Gasteiger partial charge in [-0.2, -0.15) is 0 Å². The molecule has 0 aromatic heterocycles. The zero-order valence-electron chi connectivity index (χ0n) is 18.5. The number of hydrogen-bond acceptors (Lipinski definition) is 7. The molecule has 1 aromatic rings. The Bertz CT molecular complexity index is 885. The van der Waals surface area contributed by atoms with Crippen molar-refractivity contribution in [2.24, 2.45) is 16.5 Å². The standard InChI is InChI=1S/C20H30N8O5/c1-23-12-17(29)27-11-3-5-16(27)19(31)26-15(4-2-10-24-20(21)22)18(30)25-13-6-8-14(9-7-13)28(32)33/h6-9,15-16,23H,2-5,10-12H2,1H3,(H,25,30)(H,26,31)(H4,21,22,24)/t15-,16+/m1/s1. The van der Waals surface area contributed by atoms with Crippen LogP contribution in [-0.2, 0) is 14.4 Å². The number of nitro groups is 1. The Kier molecular flexibility index (Phi) is 9.54. The van der Waals surface area contributed by atoms with E-state index in [1.54, 1.807) is 7.05 Å². The molecule has 7 N–H and O–H groups in total. The lowest BCUT2D eigenvalue weighted by atomic mass is 10.1. The Balaban J connectivity index is 2.09. The quantitative estimate of drug-likeness (QED) is 0.0932. The van der Waals surface area contributed by atoms with Crippen molar-refractivity contribution in [3.05, 3.63) is 34.4 Å². The van der Waals surface area contributed by atoms with Crippen molar-refractivity contribution < 1.29 is 19.3 Å². The number of amides is 3. The van der Waals surface area contributed by atoms with E-state index in [4.69, 9.17) is 11.5 Å². The summed E-state index contributed by atoms with van der Waals surface area (Å²) in [5.74, 6) is -1.17. The second-order valence-electron chi connectivity index (χ2n) is 7.58. The zero-order chi connectivity index (χ0) is 24.4. The topological polar surface area (TPSA) is 198 Å². The molecule has 0 unspecified atom stereocenters. The average molecular weight is 463 g/mol. The van der Waals surface area contributed by atoms with E-state index in [1.165, 1.54) is 29.2 Å². The summed E-state index contributed by atoms with van der Waals surface area (Å²) in [5.41, 5.74) is 10.9. The summed E-state index contributed by atoms with van der Waals surface area (Å²) >= 11 is 0. The fourth-order valence-corrected chi connectivity index (χ4v) is 3.53. The molecule has 0 saturated carbocycles. The number of carbonyl (C=O) groups excluding carboxylic acids is 3. The monoisotopic (exact) mass is 462 g/mol. The van der Waals surface area contributed by atoms with E-state index in [1.807, 2.05) is 0 Å². The largest absolute Gasteiger partial charge is 0.370 e. The lowest BCUT2D eigenvalue weighted by Gasteiger charge is -2.26. The van der Waals surface area contributed by atoms with Crippen LogP contribution in [0.25, 0.3) is 0 Å². The first kappa shape index (κ1) is 25.5. The third kappa shape index (κ3) is 7.71. The minimum Gasteiger partial charge on any atom is -0.370 e. The first-order valence-electron chi connectivity index (χ1n) is 10.6. The molecule has 180 valence electrons. The van der Waals surface area contributed by atoms with Crippen molar-refractivity contribution >= 4 is 35.1 Å². The number of nitrogens with zero attached hydrogens (tertiary/aromatic N) is 3. The van der Waals surface area contributed by atoms with Crippen LogP contribution in [0.2, 0.25) is 0 Å². The molecule has 0 spiro atoms. The molecule has 0 bridgehead atoms. The number of hydrogen-bond donors (Lipinski definition) is 5. The molecule has 13 nitrogen and oxygen atoms in total. The molecule has 0 aliphatic carbocycles. The van der Waals surface area contributed by atoms with Crippen LogP contribution in [0.3, 0.4) is 0 Å². The van der Waals surface area contributed by atoms with Gasteiger partial charge in [-0.25, -0.2) is 0 Å². The molecule has 33 heavy (non-hydrogen) atoms. The van der Waals surface area contributed by atoms with Gasteiger partial charge >= 0.3 is 0 Å². The molecule has 0 radical (unpaired) electrons. The fraction of sp³-hybridized carbons (Fsp3) is 0.500. The third-order valence-electron chi connectivity index (χ3n) is 5.13. The van der Waals surface area contributed by atoms with Gasteiger partial charge in [0.1, 0.15) is 12.1 Å². The van der Waals surface area contributed by atoms with Crippen LogP contribution in [-0.4, -0.2) is 72.3 Å². The van der Waals surface area contributed by atoms with Crippen LogP contribution < -0.4 is 27.4 Å². The van der Waals surface area contributed by atoms with Gasteiger partial charge in [0, 0.05) is 30.9 Å². The Morgan fingerprint density at radius 2 is 1.97 bits per heavy atom. The zero-order valence-corrected chi connectivity index (χ0v) is 18.5. The van der Waals surface area contributed by atoms with Gasteiger partial charge < -0.3 is 32.3 Å². The molecular formula is C20H30N8O5. The van der Waals surface area contributed by atoms with Crippen LogP contribution in [0.1, 0.15) is 25.7 Å². The molecule has 2 rings (SSSR count). The first-order valence-corrected chi connectivity index (χ1v) is 10.6. The van der Waals surface area contributed by atoms with Gasteiger partial charge in [-0.05, 0) is 44.9 Å². The average Bonchev–Trinajstić information content (AvgIpc) is 3.26. The molecule has 3 amide bonds. The number of benzene rings is 1. The van der Waals surface area contributed by atoms with Crippen LogP contribution >= 0.6 is 0 Å². The molecule has 1 fully saturated rings. The van der Waals surface area contributed by atoms with E-state index < -0.39 is 28.8 Å². The number of likely N-dealkylation sites (tertiary alicyclic amines) is 1. The summed E-state index contributed by atoms with van der Waals surface area (Å²) in [7, 11) is 1.65. The van der Waals surface area contributed by atoms with Gasteiger partial charge in [-0.1, -0.05) is 0 Å². The predicted molar refractivity (Wildman–Crippen MR) is 122 cm³/mol. The molecule has 1 aromatic carbocycles. The summed E-state index contributed by atoms with van der Waals surface area (Å²) in [6, 6.07) is 3.78. The minimum absolute atomic E-state index is 0.0736. The van der Waals surface area contributed by atoms with Crippen LogP contribution in [0.15, 0.2) is 29.3 Å². The number of likely N-dealkylation sites (N-methyl/N-ethyl adjacent to an activating group) is 1. The van der Waals surface area contributed by atoms with Crippen molar-refractivity contribution in [1.29, 1.82) is 0 Å². The summed E-state index contributed by atoms with van der Waals surface area (Å²) < 4.78 is 0. The van der Waals surface area contributed by atoms with Gasteiger partial charge in [0.15, 0.2) is 5.96 Å². The van der Waals surface area contributed by atoms with Gasteiger partial charge in [-0.15, -0.1) is 0 Å². The number of nitrogens with two attached hydrogens (primary N) is 2. The van der Waals surface area contributed by atoms with Gasteiger partial charge in [0.25, 0.3) is 5.69 Å². The molecule has 1 aliphatic rings. The minimum atomic E-state index is -0.913. The number of anilines is 1. The maximum absolute atomic E-state index is 12.9.